The van der Waals surface area contributed by atoms with E-state index < -0.39 is 0 Å². The van der Waals surface area contributed by atoms with Crippen molar-refractivity contribution in [1.82, 2.24) is 14.9 Å². The Hall–Kier alpha value is -0.830. The summed E-state index contributed by atoms with van der Waals surface area (Å²) in [4.78, 5) is 4.37. The van der Waals surface area contributed by atoms with Gasteiger partial charge in [0.2, 0.25) is 0 Å². The summed E-state index contributed by atoms with van der Waals surface area (Å²) in [7, 11) is 0. The molecule has 15 heavy (non-hydrogen) atoms. The smallest absolute Gasteiger partial charge is 0.122 e. The third-order valence-corrected chi connectivity index (χ3v) is 2.51. The van der Waals surface area contributed by atoms with E-state index in [4.69, 9.17) is 0 Å². The summed E-state index contributed by atoms with van der Waals surface area (Å²) in [6, 6.07) is 0. The largest absolute Gasteiger partial charge is 0.334 e. The zero-order valence-electron chi connectivity index (χ0n) is 10.00. The van der Waals surface area contributed by atoms with Gasteiger partial charge in [0, 0.05) is 18.9 Å². The van der Waals surface area contributed by atoms with E-state index >= 15 is 0 Å². The van der Waals surface area contributed by atoms with Crippen molar-refractivity contribution in [1.29, 1.82) is 0 Å². The molecule has 0 aliphatic carbocycles. The highest BCUT2D eigenvalue weighted by Crippen LogP contribution is 2.02. The molecular formula is C12H23N3. The third-order valence-electron chi connectivity index (χ3n) is 2.51. The van der Waals surface area contributed by atoms with Gasteiger partial charge in [0.1, 0.15) is 5.82 Å². The fourth-order valence-corrected chi connectivity index (χ4v) is 1.62. The summed E-state index contributed by atoms with van der Waals surface area (Å²) in [5.41, 5.74) is 0. The molecule has 0 bridgehead atoms. The van der Waals surface area contributed by atoms with Crippen molar-refractivity contribution in [2.75, 3.05) is 6.54 Å². The second-order valence-electron chi connectivity index (χ2n) is 3.92. The summed E-state index contributed by atoms with van der Waals surface area (Å²) >= 11 is 0. The molecule has 0 amide bonds. The maximum Gasteiger partial charge on any atom is 0.122 e. The molecule has 0 spiro atoms. The Bertz CT molecular complexity index is 231. The first-order valence-electron chi connectivity index (χ1n) is 6.09. The molecule has 1 aromatic rings. The van der Waals surface area contributed by atoms with Crippen LogP contribution in [0.3, 0.4) is 0 Å². The minimum Gasteiger partial charge on any atom is -0.334 e. The van der Waals surface area contributed by atoms with Gasteiger partial charge in [-0.15, -0.1) is 0 Å². The predicted molar refractivity (Wildman–Crippen MR) is 63.7 cm³/mol. The third kappa shape index (κ3) is 4.47. The van der Waals surface area contributed by atoms with Crippen LogP contribution in [0.15, 0.2) is 12.4 Å². The van der Waals surface area contributed by atoms with E-state index in [9.17, 15) is 0 Å². The summed E-state index contributed by atoms with van der Waals surface area (Å²) in [6.45, 7) is 7.49. The SMILES string of the molecule is CCCCCn1ccnc1CNCCC. The summed E-state index contributed by atoms with van der Waals surface area (Å²) in [6.07, 6.45) is 9.00. The molecule has 3 nitrogen and oxygen atoms in total. The van der Waals surface area contributed by atoms with E-state index in [2.05, 4.69) is 34.9 Å². The van der Waals surface area contributed by atoms with E-state index in [-0.39, 0.29) is 0 Å². The molecule has 0 radical (unpaired) electrons. The Labute approximate surface area is 92.9 Å². The number of hydrogen-bond donors (Lipinski definition) is 1. The first-order valence-corrected chi connectivity index (χ1v) is 6.09. The summed E-state index contributed by atoms with van der Waals surface area (Å²) in [5, 5.41) is 3.38. The molecule has 1 aromatic heterocycles. The topological polar surface area (TPSA) is 29.9 Å². The van der Waals surface area contributed by atoms with E-state index in [1.165, 1.54) is 31.5 Å². The minimum atomic E-state index is 0.896. The highest BCUT2D eigenvalue weighted by Gasteiger charge is 2.00. The first-order chi connectivity index (χ1) is 7.38. The van der Waals surface area contributed by atoms with Gasteiger partial charge < -0.3 is 9.88 Å². The van der Waals surface area contributed by atoms with Crippen LogP contribution in [0.25, 0.3) is 0 Å². The van der Waals surface area contributed by atoms with Gasteiger partial charge in [-0.2, -0.15) is 0 Å². The van der Waals surface area contributed by atoms with Crippen LogP contribution in [0.4, 0.5) is 0 Å². The zero-order valence-corrected chi connectivity index (χ0v) is 10.00. The van der Waals surface area contributed by atoms with Gasteiger partial charge in [-0.1, -0.05) is 26.7 Å². The fraction of sp³-hybridized carbons (Fsp3) is 0.750. The number of aromatic nitrogens is 2. The number of imidazole rings is 1. The van der Waals surface area contributed by atoms with Gasteiger partial charge >= 0.3 is 0 Å². The van der Waals surface area contributed by atoms with Gasteiger partial charge in [-0.3, -0.25) is 0 Å². The van der Waals surface area contributed by atoms with Gasteiger partial charge in [0.05, 0.1) is 6.54 Å². The first kappa shape index (κ1) is 12.2. The number of rotatable bonds is 8. The van der Waals surface area contributed by atoms with Crippen molar-refractivity contribution >= 4 is 0 Å². The summed E-state index contributed by atoms with van der Waals surface area (Å²) in [5.74, 6) is 1.17. The number of hydrogen-bond acceptors (Lipinski definition) is 2. The molecule has 0 atom stereocenters. The van der Waals surface area contributed by atoms with Crippen LogP contribution in [-0.4, -0.2) is 16.1 Å². The molecule has 0 aliphatic rings. The lowest BCUT2D eigenvalue weighted by atomic mass is 10.2. The number of nitrogens with one attached hydrogen (secondary N) is 1. The lowest BCUT2D eigenvalue weighted by molar-refractivity contribution is 0.555. The van der Waals surface area contributed by atoms with Crippen LogP contribution in [0.2, 0.25) is 0 Å². The van der Waals surface area contributed by atoms with Crippen LogP contribution in [0, 0.1) is 0 Å². The molecule has 1 rings (SSSR count). The van der Waals surface area contributed by atoms with Gasteiger partial charge in [0.15, 0.2) is 0 Å². The second kappa shape index (κ2) is 7.46. The molecule has 0 aliphatic heterocycles. The van der Waals surface area contributed by atoms with Crippen molar-refractivity contribution in [2.45, 2.75) is 52.6 Å². The van der Waals surface area contributed by atoms with Crippen molar-refractivity contribution in [3.05, 3.63) is 18.2 Å². The molecule has 1 N–H and O–H groups in total. The van der Waals surface area contributed by atoms with Crippen molar-refractivity contribution < 1.29 is 0 Å². The molecule has 0 fully saturated rings. The molecule has 86 valence electrons. The maximum atomic E-state index is 4.37. The van der Waals surface area contributed by atoms with E-state index in [0.717, 1.165) is 19.6 Å². The Morgan fingerprint density at radius 3 is 2.87 bits per heavy atom. The van der Waals surface area contributed by atoms with Crippen LogP contribution in [-0.2, 0) is 13.1 Å². The average molecular weight is 209 g/mol. The Morgan fingerprint density at radius 2 is 2.13 bits per heavy atom. The van der Waals surface area contributed by atoms with Gasteiger partial charge in [0.25, 0.3) is 0 Å². The molecule has 0 saturated heterocycles. The number of nitrogens with zero attached hydrogens (tertiary/aromatic N) is 2. The zero-order chi connectivity index (χ0) is 10.9. The standard InChI is InChI=1S/C12H23N3/c1-3-5-6-9-15-10-8-14-12(15)11-13-7-4-2/h8,10,13H,3-7,9,11H2,1-2H3. The Balaban J connectivity index is 2.32. The molecule has 0 aromatic carbocycles. The molecule has 0 unspecified atom stereocenters. The van der Waals surface area contributed by atoms with Crippen LogP contribution in [0.5, 0.6) is 0 Å². The molecule has 1 heterocycles. The van der Waals surface area contributed by atoms with Crippen LogP contribution in [0.1, 0.15) is 45.4 Å². The Morgan fingerprint density at radius 1 is 1.27 bits per heavy atom. The van der Waals surface area contributed by atoms with Crippen LogP contribution < -0.4 is 5.32 Å². The Kier molecular flexibility index (Phi) is 6.09. The predicted octanol–water partition coefficient (Wildman–Crippen LogP) is 2.57. The van der Waals surface area contributed by atoms with Gasteiger partial charge in [-0.05, 0) is 19.4 Å². The summed E-state index contributed by atoms with van der Waals surface area (Å²) < 4.78 is 2.26. The second-order valence-corrected chi connectivity index (χ2v) is 3.92. The lowest BCUT2D eigenvalue weighted by Crippen LogP contribution is -2.17. The minimum absolute atomic E-state index is 0.896. The van der Waals surface area contributed by atoms with E-state index in [1.54, 1.807) is 0 Å². The van der Waals surface area contributed by atoms with Crippen molar-refractivity contribution in [2.24, 2.45) is 0 Å². The molecule has 0 saturated carbocycles. The number of unbranched alkanes of at least 4 members (excludes halogenated alkanes) is 2. The normalized spacial score (nSPS) is 10.8. The highest BCUT2D eigenvalue weighted by atomic mass is 15.1. The molecule has 3 heteroatoms. The quantitative estimate of drug-likeness (QED) is 0.667. The van der Waals surface area contributed by atoms with Crippen LogP contribution >= 0.6 is 0 Å². The van der Waals surface area contributed by atoms with Crippen molar-refractivity contribution in [3.63, 3.8) is 0 Å². The number of aryl methyl sites for hydroxylation is 1. The lowest BCUT2D eigenvalue weighted by Gasteiger charge is -2.07. The monoisotopic (exact) mass is 209 g/mol. The van der Waals surface area contributed by atoms with Crippen molar-refractivity contribution in [3.8, 4) is 0 Å². The van der Waals surface area contributed by atoms with E-state index in [0.29, 0.717) is 0 Å². The highest BCUT2D eigenvalue weighted by molar-refractivity contribution is 4.91. The average Bonchev–Trinajstić information content (AvgIpc) is 2.67. The maximum absolute atomic E-state index is 4.37. The fourth-order valence-electron chi connectivity index (χ4n) is 1.62. The van der Waals surface area contributed by atoms with Gasteiger partial charge in [-0.25, -0.2) is 4.98 Å². The molecular weight excluding hydrogens is 186 g/mol. The van der Waals surface area contributed by atoms with E-state index in [1.807, 2.05) is 6.20 Å².